The molecule has 0 saturated carbocycles. The number of hydrogen-bond donors (Lipinski definition) is 0. The maximum Gasteiger partial charge on any atom is 0.350 e. The van der Waals surface area contributed by atoms with Gasteiger partial charge in [-0.3, -0.25) is 4.57 Å². The molecule has 1 aliphatic rings. The van der Waals surface area contributed by atoms with Gasteiger partial charge in [0.25, 0.3) is 0 Å². The normalized spacial score (nSPS) is 15.9. The number of halogens is 1. The number of hydrogen-bond acceptors (Lipinski definition) is 2. The van der Waals surface area contributed by atoms with Gasteiger partial charge in [-0.2, -0.15) is 4.68 Å². The van der Waals surface area contributed by atoms with Gasteiger partial charge in [-0.25, -0.2) is 4.79 Å². The predicted molar refractivity (Wildman–Crippen MR) is 110 cm³/mol. The number of nitrogens with zero attached hydrogens (tertiary/aromatic N) is 3. The molecule has 2 heterocycles. The lowest BCUT2D eigenvalue weighted by Crippen LogP contribution is -2.26. The van der Waals surface area contributed by atoms with Crippen molar-refractivity contribution in [1.82, 2.24) is 14.3 Å². The van der Waals surface area contributed by atoms with Crippen molar-refractivity contribution < 1.29 is 0 Å². The van der Waals surface area contributed by atoms with Gasteiger partial charge < -0.3 is 0 Å². The van der Waals surface area contributed by atoms with Crippen molar-refractivity contribution in [3.63, 3.8) is 0 Å². The second-order valence-corrected chi connectivity index (χ2v) is 12.6. The first-order valence-electron chi connectivity index (χ1n) is 8.84. The first-order valence-corrected chi connectivity index (χ1v) is 12.2. The summed E-state index contributed by atoms with van der Waals surface area (Å²) in [5.74, 6) is 0.894. The molecule has 0 saturated heterocycles. The molecule has 0 bridgehead atoms. The molecule has 0 amide bonds. The fraction of sp³-hybridized carbons (Fsp3) is 0.526. The second kappa shape index (κ2) is 6.81. The van der Waals surface area contributed by atoms with Crippen LogP contribution in [0.4, 0.5) is 0 Å². The standard InChI is InChI=1S/C19H27ClN3OP/c1-13-10-16(20)15(11-14(2)25(3,4)5)12-17(13)23-19(24)22-9-7-6-8-18(22)21-23/h10,12,14H,3,6-9,11H2,1-2,4-5H3. The van der Waals surface area contributed by atoms with Gasteiger partial charge in [-0.15, -0.1) is 18.3 Å². The number of aromatic nitrogens is 3. The largest absolute Gasteiger partial charge is 0.350 e. The Bertz CT molecular complexity index is 906. The molecular weight excluding hydrogens is 353 g/mol. The summed E-state index contributed by atoms with van der Waals surface area (Å²) in [6.45, 7) is 8.27. The average Bonchev–Trinajstić information content (AvgIpc) is 2.86. The SMILES string of the molecule is C=P(C)(C)C(C)Cc1cc(-n2nc3n(c2=O)CCCC3)c(C)cc1Cl. The van der Waals surface area contributed by atoms with E-state index >= 15 is 0 Å². The number of aryl methyl sites for hydroxylation is 2. The zero-order valence-electron chi connectivity index (χ0n) is 15.5. The van der Waals surface area contributed by atoms with Crippen LogP contribution in [0.5, 0.6) is 0 Å². The van der Waals surface area contributed by atoms with E-state index < -0.39 is 6.89 Å². The predicted octanol–water partition coefficient (Wildman–Crippen LogP) is 3.97. The fourth-order valence-corrected chi connectivity index (χ4v) is 4.20. The molecule has 136 valence electrons. The number of fused-ring (bicyclic) bond motifs is 1. The van der Waals surface area contributed by atoms with Crippen molar-refractivity contribution in [2.45, 2.75) is 51.7 Å². The summed E-state index contributed by atoms with van der Waals surface area (Å²) < 4.78 is 3.37. The van der Waals surface area contributed by atoms with E-state index in [-0.39, 0.29) is 5.69 Å². The lowest BCUT2D eigenvalue weighted by molar-refractivity contribution is 0.512. The molecule has 0 radical (unpaired) electrons. The van der Waals surface area contributed by atoms with E-state index in [4.69, 9.17) is 11.6 Å². The van der Waals surface area contributed by atoms with Crippen LogP contribution in [-0.2, 0) is 19.4 Å². The van der Waals surface area contributed by atoms with E-state index in [0.717, 1.165) is 59.9 Å². The summed E-state index contributed by atoms with van der Waals surface area (Å²) in [5, 5.41) is 5.36. The smallest absolute Gasteiger partial charge is 0.279 e. The van der Waals surface area contributed by atoms with Gasteiger partial charge in [0.05, 0.1) is 5.69 Å². The van der Waals surface area contributed by atoms with E-state index in [1.165, 1.54) is 0 Å². The van der Waals surface area contributed by atoms with Gasteiger partial charge in [0, 0.05) is 18.0 Å². The summed E-state index contributed by atoms with van der Waals surface area (Å²) in [6, 6.07) is 4.00. The summed E-state index contributed by atoms with van der Waals surface area (Å²) in [6.07, 6.45) is 8.24. The Morgan fingerprint density at radius 1 is 1.36 bits per heavy atom. The summed E-state index contributed by atoms with van der Waals surface area (Å²) in [7, 11) is 0. The minimum Gasteiger partial charge on any atom is -0.279 e. The summed E-state index contributed by atoms with van der Waals surface area (Å²) in [4.78, 5) is 12.8. The molecule has 1 aromatic carbocycles. The Morgan fingerprint density at radius 3 is 2.72 bits per heavy atom. The van der Waals surface area contributed by atoms with E-state index in [2.05, 4.69) is 31.7 Å². The molecular formula is C19H27ClN3OP. The quantitative estimate of drug-likeness (QED) is 0.754. The van der Waals surface area contributed by atoms with Crippen LogP contribution in [0.15, 0.2) is 16.9 Å². The molecule has 1 aromatic heterocycles. The Morgan fingerprint density at radius 2 is 2.08 bits per heavy atom. The maximum atomic E-state index is 12.8. The highest BCUT2D eigenvalue weighted by atomic mass is 35.5. The van der Waals surface area contributed by atoms with Crippen LogP contribution < -0.4 is 5.69 Å². The van der Waals surface area contributed by atoms with Crippen LogP contribution in [0.25, 0.3) is 5.69 Å². The van der Waals surface area contributed by atoms with Gasteiger partial charge in [0.1, 0.15) is 5.82 Å². The van der Waals surface area contributed by atoms with Crippen molar-refractivity contribution in [3.05, 3.63) is 44.6 Å². The minimum atomic E-state index is -1.20. The zero-order chi connectivity index (χ0) is 18.4. The van der Waals surface area contributed by atoms with Crippen molar-refractivity contribution in [3.8, 4) is 5.69 Å². The van der Waals surface area contributed by atoms with Crippen molar-refractivity contribution in [1.29, 1.82) is 0 Å². The van der Waals surface area contributed by atoms with E-state index in [0.29, 0.717) is 5.66 Å². The van der Waals surface area contributed by atoms with Crippen molar-refractivity contribution >= 4 is 24.8 Å². The average molecular weight is 380 g/mol. The van der Waals surface area contributed by atoms with Gasteiger partial charge >= 0.3 is 5.69 Å². The lowest BCUT2D eigenvalue weighted by atomic mass is 10.1. The molecule has 2 aromatic rings. The zero-order valence-corrected chi connectivity index (χ0v) is 17.2. The molecule has 25 heavy (non-hydrogen) atoms. The molecule has 6 heteroatoms. The third kappa shape index (κ3) is 3.66. The van der Waals surface area contributed by atoms with Gasteiger partial charge in [-0.05, 0) is 68.4 Å². The van der Waals surface area contributed by atoms with Gasteiger partial charge in [-0.1, -0.05) is 18.5 Å². The van der Waals surface area contributed by atoms with E-state index in [1.807, 2.05) is 23.6 Å². The molecule has 0 fully saturated rings. The van der Waals surface area contributed by atoms with Crippen LogP contribution in [-0.4, -0.2) is 39.6 Å². The fourth-order valence-electron chi connectivity index (χ4n) is 3.21. The molecule has 1 unspecified atom stereocenters. The Hall–Kier alpha value is -1.25. The highest BCUT2D eigenvalue weighted by molar-refractivity contribution is 7.72. The highest BCUT2D eigenvalue weighted by Crippen LogP contribution is 2.43. The first-order chi connectivity index (χ1) is 11.7. The topological polar surface area (TPSA) is 39.8 Å². The molecule has 1 aliphatic heterocycles. The highest BCUT2D eigenvalue weighted by Gasteiger charge is 2.20. The van der Waals surface area contributed by atoms with Gasteiger partial charge in [0.15, 0.2) is 0 Å². The van der Waals surface area contributed by atoms with Crippen LogP contribution in [0.1, 0.15) is 36.7 Å². The van der Waals surface area contributed by atoms with Crippen LogP contribution in [0.2, 0.25) is 5.02 Å². The maximum absolute atomic E-state index is 12.8. The van der Waals surface area contributed by atoms with E-state index in [9.17, 15) is 4.79 Å². The van der Waals surface area contributed by atoms with Gasteiger partial charge in [0.2, 0.25) is 0 Å². The lowest BCUT2D eigenvalue weighted by Gasteiger charge is -2.23. The van der Waals surface area contributed by atoms with Crippen LogP contribution in [0.3, 0.4) is 0 Å². The van der Waals surface area contributed by atoms with Crippen LogP contribution in [0, 0.1) is 6.92 Å². The summed E-state index contributed by atoms with van der Waals surface area (Å²) >= 11 is 6.50. The second-order valence-electron chi connectivity index (χ2n) is 7.78. The number of rotatable bonds is 4. The third-order valence-electron chi connectivity index (χ3n) is 5.27. The Labute approximate surface area is 154 Å². The molecule has 4 nitrogen and oxygen atoms in total. The van der Waals surface area contributed by atoms with Crippen molar-refractivity contribution in [2.24, 2.45) is 0 Å². The summed E-state index contributed by atoms with van der Waals surface area (Å²) in [5.41, 5.74) is 3.34. The first kappa shape index (κ1) is 18.5. The monoisotopic (exact) mass is 379 g/mol. The van der Waals surface area contributed by atoms with E-state index in [1.54, 1.807) is 4.68 Å². The Balaban J connectivity index is 2.06. The minimum absolute atomic E-state index is 0.0379. The molecule has 0 spiro atoms. The molecule has 1 atom stereocenters. The third-order valence-corrected chi connectivity index (χ3v) is 8.19. The number of benzene rings is 1. The van der Waals surface area contributed by atoms with Crippen molar-refractivity contribution in [2.75, 3.05) is 13.3 Å². The van der Waals surface area contributed by atoms with Crippen LogP contribution >= 0.6 is 18.5 Å². The molecule has 0 aliphatic carbocycles. The molecule has 3 rings (SSSR count). The molecule has 0 N–H and O–H groups in total. The Kier molecular flexibility index (Phi) is 5.05.